The maximum Gasteiger partial charge on any atom is 0.336 e. The lowest BCUT2D eigenvalue weighted by atomic mass is 10.2. The number of nitro groups is 1. The van der Waals surface area contributed by atoms with E-state index >= 15 is 0 Å². The van der Waals surface area contributed by atoms with Crippen molar-refractivity contribution >= 4 is 17.2 Å². The largest absolute Gasteiger partial charge is 0.364 e. The van der Waals surface area contributed by atoms with Crippen molar-refractivity contribution in [2.45, 2.75) is 0 Å². The van der Waals surface area contributed by atoms with Crippen LogP contribution in [0.25, 0.3) is 0 Å². The Morgan fingerprint density at radius 1 is 1.29 bits per heavy atom. The van der Waals surface area contributed by atoms with Crippen LogP contribution in [0.15, 0.2) is 0 Å². The highest BCUT2D eigenvalue weighted by molar-refractivity contribution is 5.78. The molecule has 0 unspecified atom stereocenters. The van der Waals surface area contributed by atoms with Crippen LogP contribution in [0.2, 0.25) is 0 Å². The summed E-state index contributed by atoms with van der Waals surface area (Å²) in [6.45, 7) is 1.02. The molecule has 17 heavy (non-hydrogen) atoms. The van der Waals surface area contributed by atoms with E-state index in [4.69, 9.17) is 0 Å². The molecule has 1 aromatic heterocycles. The third kappa shape index (κ3) is 1.65. The van der Waals surface area contributed by atoms with Gasteiger partial charge < -0.3 is 9.80 Å². The molecule has 2 rings (SSSR count). The van der Waals surface area contributed by atoms with Gasteiger partial charge in [-0.25, -0.2) is 0 Å². The van der Waals surface area contributed by atoms with Crippen molar-refractivity contribution in [1.29, 1.82) is 0 Å². The summed E-state index contributed by atoms with van der Waals surface area (Å²) in [5, 5.41) is 10.8. The molecule has 0 saturated heterocycles. The number of halogens is 2. The van der Waals surface area contributed by atoms with Crippen molar-refractivity contribution in [3.05, 3.63) is 21.9 Å². The van der Waals surface area contributed by atoms with Crippen molar-refractivity contribution in [2.75, 3.05) is 37.0 Å². The van der Waals surface area contributed by atoms with E-state index in [0.717, 1.165) is 0 Å². The summed E-state index contributed by atoms with van der Waals surface area (Å²) in [6.07, 6.45) is 0. The Hall–Kier alpha value is -1.99. The Morgan fingerprint density at radius 2 is 1.88 bits per heavy atom. The predicted octanol–water partition coefficient (Wildman–Crippen LogP) is 1.15. The average Bonchev–Trinajstić information content (AvgIpc) is 2.26. The van der Waals surface area contributed by atoms with Gasteiger partial charge in [-0.1, -0.05) is 0 Å². The number of hydrogen-bond donors (Lipinski definition) is 0. The maximum absolute atomic E-state index is 13.4. The Morgan fingerprint density at radius 3 is 2.47 bits per heavy atom. The molecule has 1 aliphatic heterocycles. The van der Waals surface area contributed by atoms with Crippen LogP contribution < -0.4 is 9.80 Å². The topological polar surface area (TPSA) is 62.5 Å². The first-order valence-corrected chi connectivity index (χ1v) is 4.89. The second kappa shape index (κ2) is 3.79. The van der Waals surface area contributed by atoms with E-state index in [9.17, 15) is 18.9 Å². The van der Waals surface area contributed by atoms with Gasteiger partial charge in [0.25, 0.3) is 11.8 Å². The van der Waals surface area contributed by atoms with Crippen LogP contribution in [-0.2, 0) is 0 Å². The third-order valence-corrected chi connectivity index (χ3v) is 2.73. The summed E-state index contributed by atoms with van der Waals surface area (Å²) in [5.41, 5.74) is -0.843. The molecular formula is C9H10F2N4O2. The van der Waals surface area contributed by atoms with Crippen molar-refractivity contribution in [3.63, 3.8) is 0 Å². The molecule has 1 aromatic rings. The van der Waals surface area contributed by atoms with Crippen molar-refractivity contribution in [1.82, 2.24) is 4.98 Å². The molecule has 0 aromatic carbocycles. The zero-order chi connectivity index (χ0) is 12.7. The van der Waals surface area contributed by atoms with Crippen LogP contribution in [0, 0.1) is 21.9 Å². The Kier molecular flexibility index (Phi) is 2.56. The zero-order valence-electron chi connectivity index (χ0n) is 9.28. The fourth-order valence-corrected chi connectivity index (χ4v) is 1.80. The van der Waals surface area contributed by atoms with Gasteiger partial charge in [-0.05, 0) is 0 Å². The van der Waals surface area contributed by atoms with Gasteiger partial charge in [0.05, 0.1) is 4.92 Å². The zero-order valence-corrected chi connectivity index (χ0v) is 9.28. The first-order chi connectivity index (χ1) is 7.93. The van der Waals surface area contributed by atoms with Gasteiger partial charge >= 0.3 is 5.69 Å². The summed E-state index contributed by atoms with van der Waals surface area (Å²) < 4.78 is 26.6. The Bertz CT molecular complexity index is 494. The predicted molar refractivity (Wildman–Crippen MR) is 57.3 cm³/mol. The van der Waals surface area contributed by atoms with Crippen LogP contribution in [-0.4, -0.2) is 37.1 Å². The normalized spacial score (nSPS) is 14.8. The standard InChI is InChI=1S/C9H10F2N4O2/c1-13-3-4-14(2)9-7(13)6(15(16)17)5(10)8(11)12-9/h3-4H2,1-2H3. The van der Waals surface area contributed by atoms with Gasteiger partial charge in [-0.15, -0.1) is 0 Å². The summed E-state index contributed by atoms with van der Waals surface area (Å²) in [7, 11) is 3.21. The van der Waals surface area contributed by atoms with Gasteiger partial charge in [-0.3, -0.25) is 10.1 Å². The Labute approximate surface area is 95.6 Å². The van der Waals surface area contributed by atoms with Gasteiger partial charge in [0, 0.05) is 27.2 Å². The van der Waals surface area contributed by atoms with E-state index in [1.54, 1.807) is 19.0 Å². The first-order valence-electron chi connectivity index (χ1n) is 4.89. The molecule has 0 bridgehead atoms. The highest BCUT2D eigenvalue weighted by Gasteiger charge is 2.34. The minimum Gasteiger partial charge on any atom is -0.364 e. The lowest BCUT2D eigenvalue weighted by molar-refractivity contribution is -0.387. The van der Waals surface area contributed by atoms with Crippen LogP contribution >= 0.6 is 0 Å². The second-order valence-electron chi connectivity index (χ2n) is 3.84. The maximum atomic E-state index is 13.4. The highest BCUT2D eigenvalue weighted by Crippen LogP contribution is 2.40. The van der Waals surface area contributed by atoms with Gasteiger partial charge in [0.15, 0.2) is 11.5 Å². The van der Waals surface area contributed by atoms with Gasteiger partial charge in [-0.2, -0.15) is 13.8 Å². The molecule has 0 atom stereocenters. The molecule has 6 nitrogen and oxygen atoms in total. The van der Waals surface area contributed by atoms with Crippen LogP contribution in [0.4, 0.5) is 26.0 Å². The lowest BCUT2D eigenvalue weighted by Gasteiger charge is -2.32. The molecule has 1 aliphatic rings. The molecule has 0 aliphatic carbocycles. The first kappa shape index (κ1) is 11.5. The van der Waals surface area contributed by atoms with E-state index in [0.29, 0.717) is 13.1 Å². The number of likely N-dealkylation sites (N-methyl/N-ethyl adjacent to an activating group) is 2. The fourth-order valence-electron chi connectivity index (χ4n) is 1.80. The van der Waals surface area contributed by atoms with Crippen LogP contribution in [0.3, 0.4) is 0 Å². The molecule has 0 amide bonds. The molecule has 0 N–H and O–H groups in total. The van der Waals surface area contributed by atoms with Gasteiger partial charge in [0.2, 0.25) is 0 Å². The van der Waals surface area contributed by atoms with Gasteiger partial charge in [0.1, 0.15) is 0 Å². The monoisotopic (exact) mass is 244 g/mol. The minimum absolute atomic E-state index is 0.0163. The smallest absolute Gasteiger partial charge is 0.336 e. The van der Waals surface area contributed by atoms with E-state index in [-0.39, 0.29) is 11.5 Å². The van der Waals surface area contributed by atoms with E-state index < -0.39 is 22.4 Å². The van der Waals surface area contributed by atoms with E-state index in [1.807, 2.05) is 0 Å². The summed E-state index contributed by atoms with van der Waals surface area (Å²) >= 11 is 0. The van der Waals surface area contributed by atoms with Crippen molar-refractivity contribution in [2.24, 2.45) is 0 Å². The van der Waals surface area contributed by atoms with Crippen LogP contribution in [0.5, 0.6) is 0 Å². The summed E-state index contributed by atoms with van der Waals surface area (Å²) in [6, 6.07) is 0. The molecule has 0 saturated carbocycles. The minimum atomic E-state index is -1.52. The van der Waals surface area contributed by atoms with E-state index in [1.165, 1.54) is 4.90 Å². The van der Waals surface area contributed by atoms with Crippen molar-refractivity contribution in [3.8, 4) is 0 Å². The Balaban J connectivity index is 2.77. The van der Waals surface area contributed by atoms with Crippen molar-refractivity contribution < 1.29 is 13.7 Å². The average molecular weight is 244 g/mol. The number of nitrogens with zero attached hydrogens (tertiary/aromatic N) is 4. The lowest BCUT2D eigenvalue weighted by Crippen LogP contribution is -2.38. The molecule has 0 radical (unpaired) electrons. The van der Waals surface area contributed by atoms with Crippen LogP contribution in [0.1, 0.15) is 0 Å². The summed E-state index contributed by atoms with van der Waals surface area (Å²) in [4.78, 5) is 16.4. The number of fused-ring (bicyclic) bond motifs is 1. The molecule has 2 heterocycles. The summed E-state index contributed by atoms with van der Waals surface area (Å²) in [5.74, 6) is -2.88. The molecular weight excluding hydrogens is 234 g/mol. The molecule has 8 heteroatoms. The molecule has 0 fully saturated rings. The number of aromatic nitrogens is 1. The number of anilines is 2. The SMILES string of the molecule is CN1CCN(C)c2c1nc(F)c(F)c2[N+](=O)[O-]. The second-order valence-corrected chi connectivity index (χ2v) is 3.84. The molecule has 0 spiro atoms. The van der Waals surface area contributed by atoms with E-state index in [2.05, 4.69) is 4.98 Å². The number of pyridine rings is 1. The third-order valence-electron chi connectivity index (χ3n) is 2.73. The highest BCUT2D eigenvalue weighted by atomic mass is 19.2. The number of rotatable bonds is 1. The number of hydrogen-bond acceptors (Lipinski definition) is 5. The molecule has 92 valence electrons. The quantitative estimate of drug-likeness (QED) is 0.421. The fraction of sp³-hybridized carbons (Fsp3) is 0.444.